The lowest BCUT2D eigenvalue weighted by atomic mass is 10.1. The first kappa shape index (κ1) is 15.5. The van der Waals surface area contributed by atoms with E-state index in [2.05, 4.69) is 4.98 Å². The Kier molecular flexibility index (Phi) is 3.81. The highest BCUT2D eigenvalue weighted by molar-refractivity contribution is 5.76. The third kappa shape index (κ3) is 3.05. The van der Waals surface area contributed by atoms with E-state index in [1.54, 1.807) is 12.1 Å². The molecule has 7 heteroatoms. The molecule has 0 saturated heterocycles. The summed E-state index contributed by atoms with van der Waals surface area (Å²) >= 11 is 0. The Morgan fingerprint density at radius 2 is 1.70 bits per heavy atom. The van der Waals surface area contributed by atoms with Crippen LogP contribution in [0.1, 0.15) is 17.5 Å². The molecule has 3 rings (SSSR count). The molecular weight excluding hydrogens is 312 g/mol. The Labute approximate surface area is 128 Å². The van der Waals surface area contributed by atoms with Crippen molar-refractivity contribution in [2.45, 2.75) is 18.8 Å². The van der Waals surface area contributed by atoms with Crippen molar-refractivity contribution in [3.63, 3.8) is 0 Å². The Hall–Kier alpha value is -2.41. The Balaban J connectivity index is 2.03. The number of imidazole rings is 1. The van der Waals surface area contributed by atoms with Crippen LogP contribution >= 0.6 is 0 Å². The summed E-state index contributed by atoms with van der Waals surface area (Å²) in [5, 5.41) is 10.2. The predicted octanol–water partition coefficient (Wildman–Crippen LogP) is 3.93. The van der Waals surface area contributed by atoms with Crippen LogP contribution in [0.15, 0.2) is 48.5 Å². The number of para-hydroxylation sites is 2. The summed E-state index contributed by atoms with van der Waals surface area (Å²) in [6, 6.07) is 11.2. The average molecular weight is 324 g/mol. The van der Waals surface area contributed by atoms with E-state index in [0.29, 0.717) is 5.56 Å². The molecule has 0 fully saturated rings. The van der Waals surface area contributed by atoms with E-state index in [0.717, 1.165) is 16.7 Å². The molecule has 1 N–H and O–H groups in total. The maximum absolute atomic E-state index is 13.2. The molecule has 0 saturated carbocycles. The molecule has 0 spiro atoms. The third-order valence-electron chi connectivity index (χ3n) is 3.52. The van der Waals surface area contributed by atoms with Gasteiger partial charge in [0.2, 0.25) is 5.82 Å². The normalized spacial score (nSPS) is 13.4. The highest BCUT2D eigenvalue weighted by atomic mass is 19.4. The average Bonchev–Trinajstić information content (AvgIpc) is 2.87. The number of hydrogen-bond donors (Lipinski definition) is 1. The van der Waals surface area contributed by atoms with Gasteiger partial charge in [-0.05, 0) is 29.8 Å². The number of rotatable bonds is 3. The first-order chi connectivity index (χ1) is 10.9. The van der Waals surface area contributed by atoms with Crippen LogP contribution in [0.4, 0.5) is 17.6 Å². The van der Waals surface area contributed by atoms with E-state index in [1.165, 1.54) is 24.3 Å². The third-order valence-corrected chi connectivity index (χ3v) is 3.52. The van der Waals surface area contributed by atoms with E-state index in [1.807, 2.05) is 0 Å². The van der Waals surface area contributed by atoms with Crippen LogP contribution in [-0.2, 0) is 12.7 Å². The Morgan fingerprint density at radius 3 is 2.35 bits per heavy atom. The standard InChI is InChI=1S/C16H12F4N2O/c17-11-7-5-10(6-8-11)14(23)9-22-13-4-2-1-3-12(13)21-15(22)16(18,19)20/h1-8,14,23H,9H2. The molecule has 0 aliphatic heterocycles. The smallest absolute Gasteiger partial charge is 0.387 e. The van der Waals surface area contributed by atoms with E-state index < -0.39 is 23.9 Å². The lowest BCUT2D eigenvalue weighted by Crippen LogP contribution is -2.18. The van der Waals surface area contributed by atoms with Crippen LogP contribution in [0, 0.1) is 5.82 Å². The summed E-state index contributed by atoms with van der Waals surface area (Å²) in [5.41, 5.74) is 0.810. The maximum atomic E-state index is 13.2. The number of fused-ring (bicyclic) bond motifs is 1. The van der Waals surface area contributed by atoms with Crippen LogP contribution in [0.3, 0.4) is 0 Å². The van der Waals surface area contributed by atoms with Crippen LogP contribution < -0.4 is 0 Å². The summed E-state index contributed by atoms with van der Waals surface area (Å²) < 4.78 is 53.4. The molecule has 0 aliphatic carbocycles. The molecule has 0 aliphatic rings. The summed E-state index contributed by atoms with van der Waals surface area (Å²) in [6.07, 6.45) is -5.85. The maximum Gasteiger partial charge on any atom is 0.449 e. The number of halogens is 4. The van der Waals surface area contributed by atoms with Gasteiger partial charge in [-0.3, -0.25) is 0 Å². The zero-order chi connectivity index (χ0) is 16.6. The van der Waals surface area contributed by atoms with Crippen molar-refractivity contribution in [3.05, 3.63) is 65.7 Å². The fraction of sp³-hybridized carbons (Fsp3) is 0.188. The zero-order valence-electron chi connectivity index (χ0n) is 11.8. The number of alkyl halides is 3. The van der Waals surface area contributed by atoms with Crippen LogP contribution in [-0.4, -0.2) is 14.7 Å². The summed E-state index contributed by atoms with van der Waals surface area (Å²) in [6.45, 7) is -0.332. The van der Waals surface area contributed by atoms with Gasteiger partial charge in [0.25, 0.3) is 0 Å². The van der Waals surface area contributed by atoms with Crippen LogP contribution in [0.2, 0.25) is 0 Å². The molecule has 3 nitrogen and oxygen atoms in total. The van der Waals surface area contributed by atoms with Gasteiger partial charge < -0.3 is 9.67 Å². The summed E-state index contributed by atoms with van der Waals surface area (Å²) in [4.78, 5) is 3.61. The van der Waals surface area contributed by atoms with Crippen molar-refractivity contribution < 1.29 is 22.7 Å². The fourth-order valence-corrected chi connectivity index (χ4v) is 2.44. The lowest BCUT2D eigenvalue weighted by Gasteiger charge is -2.16. The van der Waals surface area contributed by atoms with Crippen molar-refractivity contribution in [1.82, 2.24) is 9.55 Å². The van der Waals surface area contributed by atoms with Crippen molar-refractivity contribution >= 4 is 11.0 Å². The predicted molar refractivity (Wildman–Crippen MR) is 76.1 cm³/mol. The quantitative estimate of drug-likeness (QED) is 0.741. The second kappa shape index (κ2) is 5.66. The van der Waals surface area contributed by atoms with Crippen molar-refractivity contribution in [2.75, 3.05) is 0 Å². The first-order valence-electron chi connectivity index (χ1n) is 6.82. The molecule has 23 heavy (non-hydrogen) atoms. The highest BCUT2D eigenvalue weighted by Gasteiger charge is 2.38. The highest BCUT2D eigenvalue weighted by Crippen LogP contribution is 2.32. The van der Waals surface area contributed by atoms with Gasteiger partial charge in [-0.15, -0.1) is 0 Å². The van der Waals surface area contributed by atoms with E-state index >= 15 is 0 Å². The summed E-state index contributed by atoms with van der Waals surface area (Å²) in [5.74, 6) is -1.55. The van der Waals surface area contributed by atoms with Crippen molar-refractivity contribution in [3.8, 4) is 0 Å². The second-order valence-electron chi connectivity index (χ2n) is 5.10. The number of aliphatic hydroxyl groups is 1. The topological polar surface area (TPSA) is 38.0 Å². The minimum atomic E-state index is -4.64. The summed E-state index contributed by atoms with van der Waals surface area (Å²) in [7, 11) is 0. The lowest BCUT2D eigenvalue weighted by molar-refractivity contribution is -0.147. The second-order valence-corrected chi connectivity index (χ2v) is 5.10. The first-order valence-corrected chi connectivity index (χ1v) is 6.82. The molecular formula is C16H12F4N2O. The number of benzene rings is 2. The van der Waals surface area contributed by atoms with Gasteiger partial charge in [0.1, 0.15) is 5.82 Å². The Bertz CT molecular complexity index is 824. The molecule has 1 atom stereocenters. The fourth-order valence-electron chi connectivity index (χ4n) is 2.44. The molecule has 1 unspecified atom stereocenters. The van der Waals surface area contributed by atoms with E-state index in [9.17, 15) is 22.7 Å². The SMILES string of the molecule is OC(Cn1c(C(F)(F)F)nc2ccccc21)c1ccc(F)cc1. The number of aromatic nitrogens is 2. The van der Waals surface area contributed by atoms with Crippen molar-refractivity contribution in [1.29, 1.82) is 0 Å². The van der Waals surface area contributed by atoms with E-state index in [-0.39, 0.29) is 17.6 Å². The number of aliphatic hydroxyl groups excluding tert-OH is 1. The number of hydrogen-bond acceptors (Lipinski definition) is 2. The largest absolute Gasteiger partial charge is 0.449 e. The molecule has 0 bridgehead atoms. The molecule has 1 heterocycles. The molecule has 0 amide bonds. The zero-order valence-corrected chi connectivity index (χ0v) is 11.8. The van der Waals surface area contributed by atoms with Gasteiger partial charge in [-0.25, -0.2) is 9.37 Å². The molecule has 1 aromatic heterocycles. The van der Waals surface area contributed by atoms with Gasteiger partial charge in [0.05, 0.1) is 23.7 Å². The van der Waals surface area contributed by atoms with Gasteiger partial charge in [0, 0.05) is 0 Å². The Morgan fingerprint density at radius 1 is 1.04 bits per heavy atom. The monoisotopic (exact) mass is 324 g/mol. The van der Waals surface area contributed by atoms with E-state index in [4.69, 9.17) is 0 Å². The molecule has 3 aromatic rings. The van der Waals surface area contributed by atoms with Crippen LogP contribution in [0.5, 0.6) is 0 Å². The van der Waals surface area contributed by atoms with Gasteiger partial charge in [-0.1, -0.05) is 24.3 Å². The number of nitrogens with zero attached hydrogens (tertiary/aromatic N) is 2. The van der Waals surface area contributed by atoms with Crippen molar-refractivity contribution in [2.24, 2.45) is 0 Å². The van der Waals surface area contributed by atoms with Gasteiger partial charge in [0.15, 0.2) is 0 Å². The molecule has 0 radical (unpaired) electrons. The minimum absolute atomic E-state index is 0.200. The minimum Gasteiger partial charge on any atom is -0.387 e. The molecule has 120 valence electrons. The van der Waals surface area contributed by atoms with Gasteiger partial charge in [-0.2, -0.15) is 13.2 Å². The van der Waals surface area contributed by atoms with Crippen LogP contribution in [0.25, 0.3) is 11.0 Å². The molecule has 2 aromatic carbocycles. The van der Waals surface area contributed by atoms with Gasteiger partial charge >= 0.3 is 6.18 Å².